The summed E-state index contributed by atoms with van der Waals surface area (Å²) in [6, 6.07) is 5.37. The molecule has 1 spiro atoms. The predicted octanol–water partition coefficient (Wildman–Crippen LogP) is 2.24. The topological polar surface area (TPSA) is 110 Å². The van der Waals surface area contributed by atoms with Crippen LogP contribution in [0.4, 0.5) is 11.4 Å². The first-order valence-electron chi connectivity index (χ1n) is 8.30. The lowest BCUT2D eigenvalue weighted by Crippen LogP contribution is -2.41. The highest BCUT2D eigenvalue weighted by Gasteiger charge is 2.51. The number of rotatable bonds is 4. The molecule has 0 aromatic heterocycles. The Hall–Kier alpha value is -2.77. The van der Waals surface area contributed by atoms with E-state index >= 15 is 0 Å². The van der Waals surface area contributed by atoms with Gasteiger partial charge >= 0.3 is 0 Å². The van der Waals surface area contributed by atoms with Gasteiger partial charge in [-0.15, -0.1) is 0 Å². The molecule has 2 fully saturated rings. The third-order valence-electron chi connectivity index (χ3n) is 4.96. The van der Waals surface area contributed by atoms with E-state index in [0.29, 0.717) is 18.5 Å². The Morgan fingerprint density at radius 1 is 1.16 bits per heavy atom. The molecule has 0 atom stereocenters. The van der Waals surface area contributed by atoms with E-state index in [4.69, 9.17) is 0 Å². The molecule has 0 bridgehead atoms. The normalized spacial score (nSPS) is 19.3. The minimum atomic E-state index is -0.608. The number of hydrogen-bond acceptors (Lipinski definition) is 5. The maximum Gasteiger partial charge on any atom is 0.269 e. The van der Waals surface area contributed by atoms with Crippen LogP contribution in [0.15, 0.2) is 24.3 Å². The zero-order valence-corrected chi connectivity index (χ0v) is 13.7. The number of imide groups is 1. The highest BCUT2D eigenvalue weighted by Crippen LogP contribution is 2.45. The van der Waals surface area contributed by atoms with Gasteiger partial charge in [0.2, 0.25) is 17.7 Å². The highest BCUT2D eigenvalue weighted by atomic mass is 16.6. The summed E-state index contributed by atoms with van der Waals surface area (Å²) in [6.45, 7) is -0.323. The number of hydrogen-bond donors (Lipinski definition) is 1. The van der Waals surface area contributed by atoms with Crippen molar-refractivity contribution in [3.63, 3.8) is 0 Å². The zero-order chi connectivity index (χ0) is 18.0. The summed E-state index contributed by atoms with van der Waals surface area (Å²) < 4.78 is 0. The molecule has 3 amide bonds. The first kappa shape index (κ1) is 17.1. The maximum absolute atomic E-state index is 12.7. The third kappa shape index (κ3) is 3.38. The summed E-state index contributed by atoms with van der Waals surface area (Å²) in [4.78, 5) is 48.2. The molecule has 1 aliphatic carbocycles. The fourth-order valence-corrected chi connectivity index (χ4v) is 3.65. The van der Waals surface area contributed by atoms with Gasteiger partial charge in [0, 0.05) is 24.2 Å². The molecule has 3 rings (SSSR count). The SMILES string of the molecule is O=C(CN1C(=O)CC2(CCCCC2)C1=O)Nc1ccc([N+](=O)[O-])cc1. The second-order valence-electron chi connectivity index (χ2n) is 6.65. The Kier molecular flexibility index (Phi) is 4.52. The summed E-state index contributed by atoms with van der Waals surface area (Å²) in [6.07, 6.45) is 4.54. The maximum atomic E-state index is 12.7. The average molecular weight is 345 g/mol. The number of nitrogens with zero attached hydrogens (tertiary/aromatic N) is 2. The van der Waals surface area contributed by atoms with Crippen molar-refractivity contribution in [1.82, 2.24) is 4.90 Å². The molecule has 2 aliphatic rings. The van der Waals surface area contributed by atoms with E-state index in [1.807, 2.05) is 0 Å². The van der Waals surface area contributed by atoms with Crippen molar-refractivity contribution in [1.29, 1.82) is 0 Å². The summed E-state index contributed by atoms with van der Waals surface area (Å²) in [5, 5.41) is 13.2. The van der Waals surface area contributed by atoms with Crippen LogP contribution in [0.3, 0.4) is 0 Å². The Balaban J connectivity index is 1.63. The lowest BCUT2D eigenvalue weighted by Gasteiger charge is -2.30. The number of amides is 3. The molecule has 1 saturated carbocycles. The number of likely N-dealkylation sites (tertiary alicyclic amines) is 1. The summed E-state index contributed by atoms with van der Waals surface area (Å²) in [5.41, 5.74) is -0.313. The van der Waals surface area contributed by atoms with Crippen molar-refractivity contribution in [2.75, 3.05) is 11.9 Å². The van der Waals surface area contributed by atoms with Gasteiger partial charge in [0.05, 0.1) is 10.3 Å². The van der Waals surface area contributed by atoms with Crippen molar-refractivity contribution in [3.8, 4) is 0 Å². The number of nitro groups is 1. The fourth-order valence-electron chi connectivity index (χ4n) is 3.65. The fraction of sp³-hybridized carbons (Fsp3) is 0.471. The monoisotopic (exact) mass is 345 g/mol. The van der Waals surface area contributed by atoms with E-state index < -0.39 is 16.2 Å². The molecule has 1 aromatic carbocycles. The molecule has 0 unspecified atom stereocenters. The number of nitrogens with one attached hydrogen (secondary N) is 1. The van der Waals surface area contributed by atoms with Gasteiger partial charge < -0.3 is 5.32 Å². The largest absolute Gasteiger partial charge is 0.325 e. The standard InChI is InChI=1S/C17H19N3O5/c21-14(18-12-4-6-13(7-5-12)20(24)25)11-19-15(22)10-17(16(19)23)8-2-1-3-9-17/h4-7H,1-3,8-11H2,(H,18,21). The molecular weight excluding hydrogens is 326 g/mol. The van der Waals surface area contributed by atoms with E-state index in [1.165, 1.54) is 24.3 Å². The van der Waals surface area contributed by atoms with Crippen molar-refractivity contribution >= 4 is 29.1 Å². The Morgan fingerprint density at radius 2 is 1.80 bits per heavy atom. The van der Waals surface area contributed by atoms with E-state index in [-0.39, 0.29) is 30.5 Å². The van der Waals surface area contributed by atoms with Crippen LogP contribution in [0, 0.1) is 15.5 Å². The first-order valence-corrected chi connectivity index (χ1v) is 8.30. The molecule has 1 aliphatic heterocycles. The lowest BCUT2D eigenvalue weighted by atomic mass is 9.73. The molecule has 1 N–H and O–H groups in total. The Morgan fingerprint density at radius 3 is 2.40 bits per heavy atom. The third-order valence-corrected chi connectivity index (χ3v) is 4.96. The van der Waals surface area contributed by atoms with Crippen molar-refractivity contribution < 1.29 is 19.3 Å². The zero-order valence-electron chi connectivity index (χ0n) is 13.7. The minimum absolute atomic E-state index is 0.0814. The van der Waals surface area contributed by atoms with Crippen LogP contribution in [-0.2, 0) is 14.4 Å². The second-order valence-corrected chi connectivity index (χ2v) is 6.65. The summed E-state index contributed by atoms with van der Waals surface area (Å²) in [7, 11) is 0. The minimum Gasteiger partial charge on any atom is -0.325 e. The highest BCUT2D eigenvalue weighted by molar-refractivity contribution is 6.09. The molecule has 25 heavy (non-hydrogen) atoms. The Labute approximate surface area is 144 Å². The average Bonchev–Trinajstić information content (AvgIpc) is 2.80. The van der Waals surface area contributed by atoms with E-state index in [9.17, 15) is 24.5 Å². The van der Waals surface area contributed by atoms with Gasteiger partial charge in [-0.05, 0) is 25.0 Å². The van der Waals surface area contributed by atoms with E-state index in [0.717, 1.165) is 24.2 Å². The molecule has 0 radical (unpaired) electrons. The van der Waals surface area contributed by atoms with Crippen LogP contribution in [0.25, 0.3) is 0 Å². The number of non-ortho nitro benzene ring substituents is 1. The van der Waals surface area contributed by atoms with Crippen LogP contribution in [-0.4, -0.2) is 34.1 Å². The van der Waals surface area contributed by atoms with Gasteiger partial charge in [0.15, 0.2) is 0 Å². The Bertz CT molecular complexity index is 722. The molecule has 1 aromatic rings. The van der Waals surface area contributed by atoms with Crippen molar-refractivity contribution in [3.05, 3.63) is 34.4 Å². The van der Waals surface area contributed by atoms with E-state index in [2.05, 4.69) is 5.32 Å². The van der Waals surface area contributed by atoms with Crippen molar-refractivity contribution in [2.24, 2.45) is 5.41 Å². The van der Waals surface area contributed by atoms with Crippen LogP contribution in [0.1, 0.15) is 38.5 Å². The molecular formula is C17H19N3O5. The number of anilines is 1. The number of carbonyl (C=O) groups excluding carboxylic acids is 3. The van der Waals surface area contributed by atoms with Gasteiger partial charge in [-0.1, -0.05) is 19.3 Å². The van der Waals surface area contributed by atoms with Gasteiger partial charge in [0.25, 0.3) is 5.69 Å². The number of carbonyl (C=O) groups is 3. The second kappa shape index (κ2) is 6.62. The van der Waals surface area contributed by atoms with Crippen LogP contribution >= 0.6 is 0 Å². The first-order chi connectivity index (χ1) is 11.9. The molecule has 132 valence electrons. The summed E-state index contributed by atoms with van der Waals surface area (Å²) in [5.74, 6) is -1.04. The lowest BCUT2D eigenvalue weighted by molar-refractivity contribution is -0.384. The molecule has 1 saturated heterocycles. The van der Waals surface area contributed by atoms with Gasteiger partial charge in [-0.25, -0.2) is 0 Å². The molecule has 8 nitrogen and oxygen atoms in total. The van der Waals surface area contributed by atoms with Gasteiger partial charge in [0.1, 0.15) is 6.54 Å². The molecule has 8 heteroatoms. The van der Waals surface area contributed by atoms with Gasteiger partial charge in [-0.3, -0.25) is 29.4 Å². The number of benzene rings is 1. The predicted molar refractivity (Wildman–Crippen MR) is 88.6 cm³/mol. The quantitative estimate of drug-likeness (QED) is 0.511. The van der Waals surface area contributed by atoms with Crippen LogP contribution < -0.4 is 5.32 Å². The molecule has 1 heterocycles. The van der Waals surface area contributed by atoms with Gasteiger partial charge in [-0.2, -0.15) is 0 Å². The number of nitro benzene ring substituents is 1. The van der Waals surface area contributed by atoms with E-state index in [1.54, 1.807) is 0 Å². The smallest absolute Gasteiger partial charge is 0.269 e. The van der Waals surface area contributed by atoms with Crippen molar-refractivity contribution in [2.45, 2.75) is 38.5 Å². The van der Waals surface area contributed by atoms with Crippen LogP contribution in [0.5, 0.6) is 0 Å². The summed E-state index contributed by atoms with van der Waals surface area (Å²) >= 11 is 0. The van der Waals surface area contributed by atoms with Crippen LogP contribution in [0.2, 0.25) is 0 Å².